The van der Waals surface area contributed by atoms with Gasteiger partial charge in [-0.25, -0.2) is 0 Å². The third-order valence-electron chi connectivity index (χ3n) is 16.3. The van der Waals surface area contributed by atoms with Crippen LogP contribution in [0.5, 0.6) is 0 Å². The molecule has 0 saturated carbocycles. The van der Waals surface area contributed by atoms with Crippen molar-refractivity contribution < 1.29 is 42.9 Å². The summed E-state index contributed by atoms with van der Waals surface area (Å²) in [4.78, 5) is 37.5. The van der Waals surface area contributed by atoms with E-state index >= 15 is 0 Å². The Morgan fingerprint density at radius 1 is 0.348 bits per heavy atom. The molecular weight excluding hydrogens is 1100 g/mol. The van der Waals surface area contributed by atoms with Crippen LogP contribution >= 0.6 is 0 Å². The van der Waals surface area contributed by atoms with Gasteiger partial charge in [0.15, 0.2) is 12.4 Å². The van der Waals surface area contributed by atoms with Gasteiger partial charge in [0.2, 0.25) is 0 Å². The highest BCUT2D eigenvalue weighted by molar-refractivity contribution is 5.70. The molecule has 0 heterocycles. The van der Waals surface area contributed by atoms with Crippen LogP contribution in [0.2, 0.25) is 0 Å². The van der Waals surface area contributed by atoms with E-state index < -0.39 is 24.3 Å². The van der Waals surface area contributed by atoms with Crippen molar-refractivity contribution in [3.8, 4) is 0 Å². The molecule has 0 fully saturated rings. The Hall–Kier alpha value is -3.79. The van der Waals surface area contributed by atoms with E-state index in [4.69, 9.17) is 18.9 Å². The van der Waals surface area contributed by atoms with Crippen LogP contribution in [0.25, 0.3) is 0 Å². The molecule has 0 spiro atoms. The maximum Gasteiger partial charge on any atom is 0.306 e. The molecule has 2 atom stereocenters. The molecule has 0 aliphatic carbocycles. The zero-order chi connectivity index (χ0) is 64.7. The minimum atomic E-state index is -1.62. The van der Waals surface area contributed by atoms with E-state index in [1.54, 1.807) is 0 Å². The molecule has 0 amide bonds. The lowest BCUT2D eigenvalue weighted by Crippen LogP contribution is -2.44. The van der Waals surface area contributed by atoms with Crippen LogP contribution in [0.15, 0.2) is 97.2 Å². The number of likely N-dealkylation sites (N-methyl/N-ethyl adjacent to an activating group) is 1. The number of quaternary nitrogens is 1. The number of aliphatic carboxylic acids is 1. The quantitative estimate of drug-likeness (QED) is 0.0195. The number of unbranched alkanes of at least 4 members (excludes halogenated alkanes) is 38. The number of carboxylic acid groups (broad SMARTS) is 1. The van der Waals surface area contributed by atoms with E-state index in [9.17, 15) is 19.5 Å². The second-order valence-electron chi connectivity index (χ2n) is 26.2. The molecule has 0 aromatic heterocycles. The fraction of sp³-hybridized carbons (Fsp3) is 0.762. The van der Waals surface area contributed by atoms with E-state index in [1.807, 2.05) is 21.1 Å². The number of hydrogen-bond donors (Lipinski definition) is 0. The van der Waals surface area contributed by atoms with Gasteiger partial charge in [-0.3, -0.25) is 9.59 Å². The molecule has 0 radical (unpaired) electrons. The first-order valence-corrected chi connectivity index (χ1v) is 37.4. The predicted octanol–water partition coefficient (Wildman–Crippen LogP) is 22.3. The first-order valence-electron chi connectivity index (χ1n) is 37.4. The summed E-state index contributed by atoms with van der Waals surface area (Å²) in [5.41, 5.74) is 0. The van der Waals surface area contributed by atoms with E-state index in [1.165, 1.54) is 225 Å². The standard InChI is InChI=1S/C80H141NO8/c1-6-8-10-12-14-16-18-20-22-24-26-28-30-32-34-35-36-37-38-39-40-41-42-43-45-47-49-51-53-55-57-59-61-63-65-67-69-71-78(83)89-76(75-88-80(79(84)85)86-73-72-81(3,4)5)74-87-77(82)70-68-66-64-62-60-58-56-54-52-50-48-46-44-33-31-29-27-25-23-21-19-17-15-13-11-9-7-2/h8,10,14,16,19-22,25-28,32,34,36-37,76,80H,6-7,9,11-13,15,17-18,23-24,29-31,33,35,38-75H2,1-5H3/b10-8-,16-14-,21-19-,22-20-,27-25-,28-26-,34-32-,37-36-. The van der Waals surface area contributed by atoms with Crippen LogP contribution in [0.1, 0.15) is 335 Å². The Morgan fingerprint density at radius 2 is 0.640 bits per heavy atom. The second-order valence-corrected chi connectivity index (χ2v) is 26.2. The summed E-state index contributed by atoms with van der Waals surface area (Å²) in [6.07, 6.45) is 93.6. The lowest BCUT2D eigenvalue weighted by Gasteiger charge is -2.26. The monoisotopic (exact) mass is 1240 g/mol. The Balaban J connectivity index is 4.05. The van der Waals surface area contributed by atoms with E-state index in [0.717, 1.165) is 77.0 Å². The zero-order valence-corrected chi connectivity index (χ0v) is 58.8. The Morgan fingerprint density at radius 3 is 0.955 bits per heavy atom. The van der Waals surface area contributed by atoms with E-state index in [2.05, 4.69) is 111 Å². The summed E-state index contributed by atoms with van der Waals surface area (Å²) in [5.74, 6) is -2.27. The van der Waals surface area contributed by atoms with Crippen LogP contribution < -0.4 is 5.11 Å². The molecule has 9 heteroatoms. The van der Waals surface area contributed by atoms with Crippen molar-refractivity contribution in [1.29, 1.82) is 0 Å². The number of rotatable bonds is 69. The van der Waals surface area contributed by atoms with Gasteiger partial charge in [-0.05, 0) is 96.3 Å². The summed E-state index contributed by atoms with van der Waals surface area (Å²) < 4.78 is 22.8. The number of ether oxygens (including phenoxy) is 4. The van der Waals surface area contributed by atoms with Crippen LogP contribution in [-0.2, 0) is 33.3 Å². The average molecular weight is 1250 g/mol. The molecule has 0 aromatic carbocycles. The molecule has 0 saturated heterocycles. The maximum absolute atomic E-state index is 13.0. The summed E-state index contributed by atoms with van der Waals surface area (Å²) >= 11 is 0. The normalized spacial score (nSPS) is 13.2. The molecule has 0 N–H and O–H groups in total. The molecule has 0 aliphatic rings. The molecule has 0 bridgehead atoms. The fourth-order valence-corrected chi connectivity index (χ4v) is 10.6. The molecular formula is C80H141NO8. The highest BCUT2D eigenvalue weighted by Crippen LogP contribution is 2.18. The van der Waals surface area contributed by atoms with Crippen LogP contribution in [0.4, 0.5) is 0 Å². The first-order chi connectivity index (χ1) is 43.6. The molecule has 0 aliphatic heterocycles. The SMILES string of the molecule is CC/C=C\C/C=C\C/C=C\C/C=C\C/C=C\C/C=C\CCCCCCCCCCCCCCCCCCCCC(=O)OC(COC(=O)CCCCCCCCCCCCCCCCC/C=C\C/C=C\CCCCCCC)COC(OCC[N+](C)(C)C)C(=O)[O-]. The minimum absolute atomic E-state index is 0.147. The summed E-state index contributed by atoms with van der Waals surface area (Å²) in [6.45, 7) is 4.66. The third kappa shape index (κ3) is 71.5. The molecule has 9 nitrogen and oxygen atoms in total. The fourth-order valence-electron chi connectivity index (χ4n) is 10.6. The largest absolute Gasteiger partial charge is 0.545 e. The van der Waals surface area contributed by atoms with Crippen molar-refractivity contribution in [2.45, 2.75) is 347 Å². The molecule has 514 valence electrons. The lowest BCUT2D eigenvalue weighted by molar-refractivity contribution is -0.870. The topological polar surface area (TPSA) is 111 Å². The van der Waals surface area contributed by atoms with Gasteiger partial charge < -0.3 is 33.3 Å². The summed E-state index contributed by atoms with van der Waals surface area (Å²) in [6, 6.07) is 0. The molecule has 0 rings (SSSR count). The van der Waals surface area contributed by atoms with Gasteiger partial charge in [-0.15, -0.1) is 0 Å². The Bertz CT molecular complexity index is 1790. The van der Waals surface area contributed by atoms with E-state index in [-0.39, 0.29) is 32.2 Å². The smallest absolute Gasteiger partial charge is 0.306 e. The number of nitrogens with zero attached hydrogens (tertiary/aromatic N) is 1. The summed E-state index contributed by atoms with van der Waals surface area (Å²) in [5, 5.41) is 11.8. The van der Waals surface area contributed by atoms with Gasteiger partial charge in [0.1, 0.15) is 13.2 Å². The number of carbonyl (C=O) groups is 3. The van der Waals surface area contributed by atoms with Gasteiger partial charge in [-0.1, -0.05) is 323 Å². The predicted molar refractivity (Wildman–Crippen MR) is 380 cm³/mol. The Kier molecular flexibility index (Phi) is 67.1. The number of allylic oxidation sites excluding steroid dienone is 16. The second kappa shape index (κ2) is 70.1. The molecule has 2 unspecified atom stereocenters. The van der Waals surface area contributed by atoms with Crippen LogP contribution in [0, 0.1) is 0 Å². The zero-order valence-electron chi connectivity index (χ0n) is 58.8. The van der Waals surface area contributed by atoms with Gasteiger partial charge in [0, 0.05) is 12.8 Å². The maximum atomic E-state index is 13.0. The highest BCUT2D eigenvalue weighted by atomic mass is 16.7. The number of carbonyl (C=O) groups excluding carboxylic acids is 3. The summed E-state index contributed by atoms with van der Waals surface area (Å²) in [7, 11) is 5.94. The van der Waals surface area contributed by atoms with Crippen molar-refractivity contribution >= 4 is 17.9 Å². The number of carboxylic acids is 1. The first kappa shape index (κ1) is 85.2. The van der Waals surface area contributed by atoms with Crippen molar-refractivity contribution in [1.82, 2.24) is 0 Å². The molecule has 89 heavy (non-hydrogen) atoms. The third-order valence-corrected chi connectivity index (χ3v) is 16.3. The number of hydrogen-bond acceptors (Lipinski definition) is 8. The Labute approximate surface area is 550 Å². The lowest BCUT2D eigenvalue weighted by atomic mass is 10.0. The van der Waals surface area contributed by atoms with Crippen molar-refractivity contribution in [2.24, 2.45) is 0 Å². The van der Waals surface area contributed by atoms with Crippen molar-refractivity contribution in [2.75, 3.05) is 47.5 Å². The van der Waals surface area contributed by atoms with Gasteiger partial charge >= 0.3 is 11.9 Å². The van der Waals surface area contributed by atoms with Gasteiger partial charge in [-0.2, -0.15) is 0 Å². The van der Waals surface area contributed by atoms with Crippen LogP contribution in [-0.4, -0.2) is 82.3 Å². The van der Waals surface area contributed by atoms with Gasteiger partial charge in [0.25, 0.3) is 0 Å². The minimum Gasteiger partial charge on any atom is -0.545 e. The van der Waals surface area contributed by atoms with Crippen molar-refractivity contribution in [3.63, 3.8) is 0 Å². The number of esters is 2. The van der Waals surface area contributed by atoms with E-state index in [0.29, 0.717) is 23.9 Å². The average Bonchev–Trinajstić information content (AvgIpc) is 3.70. The van der Waals surface area contributed by atoms with Crippen molar-refractivity contribution in [3.05, 3.63) is 97.2 Å². The van der Waals surface area contributed by atoms with Crippen LogP contribution in [0.3, 0.4) is 0 Å². The highest BCUT2D eigenvalue weighted by Gasteiger charge is 2.22. The molecule has 0 aromatic rings. The van der Waals surface area contributed by atoms with Gasteiger partial charge in [0.05, 0.1) is 40.3 Å².